The first-order valence-corrected chi connectivity index (χ1v) is 15.8. The number of pyridine rings is 1. The Morgan fingerprint density at radius 1 is 1.10 bits per heavy atom. The molecule has 41 heavy (non-hydrogen) atoms. The van der Waals surface area contributed by atoms with Crippen LogP contribution >= 0.6 is 22.9 Å². The Hall–Kier alpha value is -3.71. The number of rotatable bonds is 11. The quantitative estimate of drug-likeness (QED) is 0.181. The fourth-order valence-electron chi connectivity index (χ4n) is 3.86. The van der Waals surface area contributed by atoms with Gasteiger partial charge in [0.15, 0.2) is 0 Å². The topological polar surface area (TPSA) is 116 Å². The van der Waals surface area contributed by atoms with Gasteiger partial charge in [-0.2, -0.15) is 0 Å². The van der Waals surface area contributed by atoms with Crippen molar-refractivity contribution in [2.75, 3.05) is 23.9 Å². The van der Waals surface area contributed by atoms with Crippen molar-refractivity contribution in [2.24, 2.45) is 0 Å². The van der Waals surface area contributed by atoms with E-state index in [1.54, 1.807) is 36.5 Å². The molecule has 5 aromatic rings. The van der Waals surface area contributed by atoms with Gasteiger partial charge in [0.25, 0.3) is 0 Å². The molecular formula is C28H25ClFN5O4S2. The summed E-state index contributed by atoms with van der Waals surface area (Å²) in [5.41, 5.74) is 3.30. The molecule has 1 unspecified atom stereocenters. The molecular weight excluding hydrogens is 589 g/mol. The molecule has 0 aliphatic rings. The highest BCUT2D eigenvalue weighted by molar-refractivity contribution is 7.90. The Labute approximate surface area is 245 Å². The fourth-order valence-corrected chi connectivity index (χ4v) is 5.31. The molecule has 1 N–H and O–H groups in total. The molecule has 9 nitrogen and oxygen atoms in total. The Morgan fingerprint density at radius 2 is 1.95 bits per heavy atom. The third-order valence-electron chi connectivity index (χ3n) is 5.95. The number of nitrogens with one attached hydrogen (secondary N) is 1. The van der Waals surface area contributed by atoms with Crippen LogP contribution in [0.25, 0.3) is 22.3 Å². The number of thiazole rings is 1. The molecule has 0 aliphatic heterocycles. The molecule has 2 aromatic carbocycles. The molecule has 0 saturated carbocycles. The third-order valence-corrected chi connectivity index (χ3v) is 8.16. The van der Waals surface area contributed by atoms with Crippen molar-refractivity contribution in [3.8, 4) is 17.1 Å². The van der Waals surface area contributed by atoms with Gasteiger partial charge in [0.05, 0.1) is 40.5 Å². The lowest BCUT2D eigenvalue weighted by Crippen LogP contribution is -2.12. The molecule has 0 fully saturated rings. The van der Waals surface area contributed by atoms with Gasteiger partial charge in [0, 0.05) is 22.7 Å². The lowest BCUT2D eigenvalue weighted by molar-refractivity contribution is 0.0776. The molecule has 0 saturated heterocycles. The molecule has 0 aliphatic carbocycles. The van der Waals surface area contributed by atoms with Gasteiger partial charge in [-0.3, -0.25) is 4.98 Å². The number of hydrogen-bond acceptors (Lipinski definition) is 10. The molecule has 0 bridgehead atoms. The molecule has 3 heterocycles. The van der Waals surface area contributed by atoms with E-state index < -0.39 is 9.84 Å². The van der Waals surface area contributed by atoms with Crippen molar-refractivity contribution in [1.82, 2.24) is 19.9 Å². The van der Waals surface area contributed by atoms with Crippen molar-refractivity contribution in [2.45, 2.75) is 19.6 Å². The van der Waals surface area contributed by atoms with Crippen molar-refractivity contribution in [3.05, 3.63) is 87.8 Å². The van der Waals surface area contributed by atoms with Gasteiger partial charge in [0.2, 0.25) is 0 Å². The zero-order valence-corrected chi connectivity index (χ0v) is 24.4. The third kappa shape index (κ3) is 7.53. The zero-order chi connectivity index (χ0) is 29.0. The highest BCUT2D eigenvalue weighted by Gasteiger charge is 2.15. The number of aromatic nitrogens is 4. The summed E-state index contributed by atoms with van der Waals surface area (Å²) in [6, 6.07) is 13.3. The van der Waals surface area contributed by atoms with E-state index in [9.17, 15) is 12.8 Å². The number of anilines is 2. The van der Waals surface area contributed by atoms with E-state index in [4.69, 9.17) is 21.1 Å². The van der Waals surface area contributed by atoms with Crippen LogP contribution in [0.2, 0.25) is 5.02 Å². The van der Waals surface area contributed by atoms with Gasteiger partial charge in [0.1, 0.15) is 51.3 Å². The molecule has 13 heteroatoms. The van der Waals surface area contributed by atoms with Gasteiger partial charge in [-0.1, -0.05) is 23.7 Å². The highest BCUT2D eigenvalue weighted by Crippen LogP contribution is 2.32. The Balaban J connectivity index is 1.31. The second kappa shape index (κ2) is 12.4. The number of ether oxygens (including phenoxy) is 2. The van der Waals surface area contributed by atoms with Gasteiger partial charge in [-0.05, 0) is 48.9 Å². The van der Waals surface area contributed by atoms with Crippen molar-refractivity contribution in [1.29, 1.82) is 0 Å². The SMILES string of the molecule is CC(OCCS(C)(=O)=O)c1nc(-c2cc3c(Nc4ccc(OCc5cccc(F)c5)c(Cl)c4)ncnc3cn2)cs1. The second-order valence-corrected chi connectivity index (χ2v) is 12.8. The molecule has 0 spiro atoms. The van der Waals surface area contributed by atoms with E-state index in [0.717, 1.165) is 5.39 Å². The molecule has 212 valence electrons. The maximum Gasteiger partial charge on any atom is 0.149 e. The lowest BCUT2D eigenvalue weighted by Gasteiger charge is -2.12. The van der Waals surface area contributed by atoms with Crippen LogP contribution in [0.15, 0.2) is 66.4 Å². The summed E-state index contributed by atoms with van der Waals surface area (Å²) >= 11 is 7.88. The van der Waals surface area contributed by atoms with Crippen molar-refractivity contribution in [3.63, 3.8) is 0 Å². The smallest absolute Gasteiger partial charge is 0.149 e. The maximum absolute atomic E-state index is 13.4. The van der Waals surface area contributed by atoms with Crippen LogP contribution in [0.3, 0.4) is 0 Å². The number of nitrogens with zero attached hydrogens (tertiary/aromatic N) is 4. The standard InChI is InChI=1S/C28H25ClFN5O4S2/c1-17(38-8-9-41(2,36)37)28-35-25(15-40-28)23-12-21-24(13-31-23)32-16-33-27(21)34-20-6-7-26(22(29)11-20)39-14-18-4-3-5-19(30)10-18/h3-7,10-13,15-17H,8-9,14H2,1-2H3,(H,32,33,34). The predicted molar refractivity (Wildman–Crippen MR) is 158 cm³/mol. The highest BCUT2D eigenvalue weighted by atomic mass is 35.5. The summed E-state index contributed by atoms with van der Waals surface area (Å²) in [7, 11) is -3.10. The first-order valence-electron chi connectivity index (χ1n) is 12.4. The van der Waals surface area contributed by atoms with Crippen molar-refractivity contribution >= 4 is 55.2 Å². The molecule has 0 radical (unpaired) electrons. The predicted octanol–water partition coefficient (Wildman–Crippen LogP) is 6.39. The Bertz CT molecular complexity index is 1800. The van der Waals surface area contributed by atoms with Crippen LogP contribution in [0.5, 0.6) is 5.75 Å². The first kappa shape index (κ1) is 28.8. The van der Waals surface area contributed by atoms with E-state index >= 15 is 0 Å². The first-order chi connectivity index (χ1) is 19.6. The summed E-state index contributed by atoms with van der Waals surface area (Å²) in [4.78, 5) is 17.9. The zero-order valence-electron chi connectivity index (χ0n) is 22.0. The van der Waals surface area contributed by atoms with Gasteiger partial charge >= 0.3 is 0 Å². The molecule has 3 aromatic heterocycles. The van der Waals surface area contributed by atoms with Crippen molar-refractivity contribution < 1.29 is 22.3 Å². The van der Waals surface area contributed by atoms with E-state index in [-0.39, 0.29) is 30.9 Å². The maximum atomic E-state index is 13.4. The number of hydrogen-bond donors (Lipinski definition) is 1. The normalized spacial score (nSPS) is 12.4. The summed E-state index contributed by atoms with van der Waals surface area (Å²) in [5.74, 6) is 0.645. The average Bonchev–Trinajstić information content (AvgIpc) is 3.43. The average molecular weight is 614 g/mol. The van der Waals surface area contributed by atoms with Gasteiger partial charge in [-0.25, -0.2) is 27.8 Å². The van der Waals surface area contributed by atoms with E-state index in [2.05, 4.69) is 25.3 Å². The van der Waals surface area contributed by atoms with Crippen LogP contribution in [0.4, 0.5) is 15.9 Å². The molecule has 5 rings (SSSR count). The van der Waals surface area contributed by atoms with E-state index in [1.165, 1.54) is 36.1 Å². The minimum absolute atomic E-state index is 0.0482. The number of halogens is 2. The minimum Gasteiger partial charge on any atom is -0.487 e. The molecule has 0 amide bonds. The Morgan fingerprint density at radius 3 is 2.73 bits per heavy atom. The van der Waals surface area contributed by atoms with Crippen LogP contribution in [0.1, 0.15) is 23.6 Å². The fraction of sp³-hybridized carbons (Fsp3) is 0.214. The van der Waals surface area contributed by atoms with Crippen LogP contribution in [-0.4, -0.2) is 47.0 Å². The van der Waals surface area contributed by atoms with Crippen LogP contribution in [0, 0.1) is 5.82 Å². The lowest BCUT2D eigenvalue weighted by atomic mass is 10.2. The number of fused-ring (bicyclic) bond motifs is 1. The van der Waals surface area contributed by atoms with Crippen LogP contribution in [-0.2, 0) is 21.2 Å². The number of benzene rings is 2. The van der Waals surface area contributed by atoms with Crippen LogP contribution < -0.4 is 10.1 Å². The number of sulfone groups is 1. The van der Waals surface area contributed by atoms with E-state index in [1.807, 2.05) is 18.4 Å². The Kier molecular flexibility index (Phi) is 8.74. The molecule has 1 atom stereocenters. The summed E-state index contributed by atoms with van der Waals surface area (Å²) < 4.78 is 47.6. The monoisotopic (exact) mass is 613 g/mol. The summed E-state index contributed by atoms with van der Waals surface area (Å²) in [6.45, 7) is 2.11. The minimum atomic E-state index is -3.10. The second-order valence-electron chi connectivity index (χ2n) is 9.21. The van der Waals surface area contributed by atoms with Gasteiger partial charge < -0.3 is 14.8 Å². The summed E-state index contributed by atoms with van der Waals surface area (Å²) in [6.07, 6.45) is 3.91. The largest absolute Gasteiger partial charge is 0.487 e. The van der Waals surface area contributed by atoms with E-state index in [0.29, 0.717) is 49.8 Å². The van der Waals surface area contributed by atoms with Gasteiger partial charge in [-0.15, -0.1) is 11.3 Å². The summed E-state index contributed by atoms with van der Waals surface area (Å²) in [5, 5.41) is 6.98.